The minimum Gasteiger partial charge on any atom is -0.394 e. The number of benzene rings is 2. The molecule has 0 bridgehead atoms. The van der Waals surface area contributed by atoms with E-state index in [1.807, 2.05) is 19.1 Å². The first-order valence-electron chi connectivity index (χ1n) is 14.2. The first kappa shape index (κ1) is 33.8. The van der Waals surface area contributed by atoms with E-state index in [2.05, 4.69) is 25.3 Å². The van der Waals surface area contributed by atoms with Crippen molar-refractivity contribution in [2.24, 2.45) is 0 Å². The van der Waals surface area contributed by atoms with Crippen LogP contribution in [-0.4, -0.2) is 78.5 Å². The minimum absolute atomic E-state index is 0.0322. The first-order chi connectivity index (χ1) is 22.3. The maximum absolute atomic E-state index is 12.7. The maximum Gasteiger partial charge on any atom is 0.330 e. The van der Waals surface area contributed by atoms with Crippen LogP contribution in [0.1, 0.15) is 18.1 Å². The predicted octanol–water partition coefficient (Wildman–Crippen LogP) is 4.61. The van der Waals surface area contributed by atoms with Crippen molar-refractivity contribution in [2.75, 3.05) is 51.9 Å². The molecule has 17 heteroatoms. The molecule has 2 aliphatic rings. The van der Waals surface area contributed by atoms with Crippen molar-refractivity contribution in [3.05, 3.63) is 82.1 Å². The van der Waals surface area contributed by atoms with E-state index in [-0.39, 0.29) is 42.2 Å². The van der Waals surface area contributed by atoms with Crippen LogP contribution in [0.3, 0.4) is 0 Å². The molecule has 0 saturated carbocycles. The van der Waals surface area contributed by atoms with Crippen LogP contribution in [0.4, 0.5) is 38.5 Å². The second kappa shape index (κ2) is 13.7. The maximum atomic E-state index is 12.7. The Morgan fingerprint density at radius 3 is 1.77 bits per heavy atom. The summed E-state index contributed by atoms with van der Waals surface area (Å²) in [5.41, 5.74) is 2.68. The zero-order valence-electron chi connectivity index (χ0n) is 25.8. The Morgan fingerprint density at radius 2 is 1.30 bits per heavy atom. The number of hydrogen-bond donors (Lipinski definition) is 2. The van der Waals surface area contributed by atoms with Gasteiger partial charge < -0.3 is 10.4 Å². The van der Waals surface area contributed by atoms with Crippen LogP contribution in [0.15, 0.2) is 66.1 Å². The van der Waals surface area contributed by atoms with Crippen molar-refractivity contribution >= 4 is 74.1 Å². The molecule has 0 aliphatic carbocycles. The molecule has 0 fully saturated rings. The number of carbonyl (C=O) groups excluding carboxylic acids is 2. The molecule has 4 heterocycles. The van der Waals surface area contributed by atoms with E-state index in [4.69, 9.17) is 28.3 Å². The van der Waals surface area contributed by atoms with Crippen molar-refractivity contribution in [3.63, 3.8) is 0 Å². The molecule has 2 aromatic heterocycles. The zero-order valence-corrected chi connectivity index (χ0v) is 28.1. The number of urea groups is 2. The zero-order chi connectivity index (χ0) is 34.0. The Hall–Kier alpha value is -4.57. The summed E-state index contributed by atoms with van der Waals surface area (Å²) in [5.74, 6) is 1.21. The number of halogens is 2. The van der Waals surface area contributed by atoms with Gasteiger partial charge in [-0.15, -0.1) is 0 Å². The molecule has 6 rings (SSSR count). The Bertz CT molecular complexity index is 1950. The number of aliphatic hydroxyl groups excluding tert-OH is 1. The molecule has 0 saturated heterocycles. The number of aliphatic hydroxyl groups is 1. The lowest BCUT2D eigenvalue weighted by Crippen LogP contribution is -2.46. The van der Waals surface area contributed by atoms with Crippen LogP contribution >= 0.6 is 23.2 Å². The van der Waals surface area contributed by atoms with Gasteiger partial charge in [0.15, 0.2) is 0 Å². The van der Waals surface area contributed by atoms with E-state index in [0.29, 0.717) is 45.3 Å². The molecule has 2 N–H and O–H groups in total. The Kier molecular flexibility index (Phi) is 9.81. The van der Waals surface area contributed by atoms with Gasteiger partial charge in [-0.05, 0) is 31.2 Å². The van der Waals surface area contributed by atoms with Crippen molar-refractivity contribution in [1.29, 1.82) is 0 Å². The van der Waals surface area contributed by atoms with E-state index in [1.54, 1.807) is 54.5 Å². The standard InChI is InChI=1S/C16H18ClN5O2.C14H13ClN4O3S/c1-10(9-23)19-15-18-7-11-8-22(13-6-4-3-5-12(13)17)16(24)21(2)14(11)20-15;1-18-12-9(7-16-13(17-12)23(2,21)22)8-19(14(18)20)11-6-4-3-5-10(11)15/h3-7,10,23H,8-9H2,1-2H3,(H,18,19,20);3-7H,8H2,1-2H3. The van der Waals surface area contributed by atoms with Gasteiger partial charge in [0.05, 0.1) is 41.1 Å². The van der Waals surface area contributed by atoms with Gasteiger partial charge in [-0.3, -0.25) is 19.6 Å². The Balaban J connectivity index is 0.000000185. The number of nitrogens with one attached hydrogen (secondary N) is 1. The lowest BCUT2D eigenvalue weighted by atomic mass is 10.2. The highest BCUT2D eigenvalue weighted by Crippen LogP contribution is 2.35. The molecule has 0 radical (unpaired) electrons. The van der Waals surface area contributed by atoms with Gasteiger partial charge >= 0.3 is 12.1 Å². The molecule has 4 amide bonds. The summed E-state index contributed by atoms with van der Waals surface area (Å²) in [7, 11) is -0.350. The van der Waals surface area contributed by atoms with Crippen LogP contribution in [0.2, 0.25) is 10.0 Å². The lowest BCUT2D eigenvalue weighted by molar-refractivity contribution is 0.250. The molecule has 2 aliphatic heterocycles. The van der Waals surface area contributed by atoms with Gasteiger partial charge in [-0.2, -0.15) is 4.98 Å². The monoisotopic (exact) mass is 699 g/mol. The van der Waals surface area contributed by atoms with Crippen molar-refractivity contribution < 1.29 is 23.1 Å². The summed E-state index contributed by atoms with van der Waals surface area (Å²) in [6.45, 7) is 2.34. The number of carbonyl (C=O) groups is 2. The summed E-state index contributed by atoms with van der Waals surface area (Å²) < 4.78 is 23.2. The smallest absolute Gasteiger partial charge is 0.330 e. The van der Waals surface area contributed by atoms with Gasteiger partial charge in [0.1, 0.15) is 11.6 Å². The SMILES string of the molecule is CC(CO)Nc1ncc2c(n1)N(C)C(=O)N(c1ccccc1Cl)C2.CN1C(=O)N(c2ccccc2Cl)Cc2cnc(S(C)(=O)=O)nc21. The number of aromatic nitrogens is 4. The highest BCUT2D eigenvalue weighted by Gasteiger charge is 2.33. The predicted molar refractivity (Wildman–Crippen MR) is 180 cm³/mol. The highest BCUT2D eigenvalue weighted by molar-refractivity contribution is 7.90. The summed E-state index contributed by atoms with van der Waals surface area (Å²) in [6.07, 6.45) is 4.13. The molecule has 2 aromatic carbocycles. The third kappa shape index (κ3) is 7.07. The molecule has 1 unspecified atom stereocenters. The Morgan fingerprint density at radius 1 is 0.830 bits per heavy atom. The van der Waals surface area contributed by atoms with Gasteiger partial charge in [0, 0.05) is 49.9 Å². The van der Waals surface area contributed by atoms with Gasteiger partial charge in [-0.1, -0.05) is 47.5 Å². The summed E-state index contributed by atoms with van der Waals surface area (Å²) in [6, 6.07) is 13.5. The molecule has 0 spiro atoms. The number of anilines is 5. The topological polar surface area (TPSA) is 165 Å². The van der Waals surface area contributed by atoms with E-state index >= 15 is 0 Å². The van der Waals surface area contributed by atoms with Crippen molar-refractivity contribution in [2.45, 2.75) is 31.2 Å². The van der Waals surface area contributed by atoms with Crippen LogP contribution in [0.25, 0.3) is 0 Å². The fourth-order valence-corrected chi connectivity index (χ4v) is 5.81. The van der Waals surface area contributed by atoms with E-state index in [0.717, 1.165) is 11.8 Å². The van der Waals surface area contributed by atoms with Crippen LogP contribution in [0.5, 0.6) is 0 Å². The van der Waals surface area contributed by atoms with Gasteiger partial charge in [-0.25, -0.2) is 33.0 Å². The van der Waals surface area contributed by atoms with Gasteiger partial charge in [0.2, 0.25) is 20.9 Å². The first-order valence-corrected chi connectivity index (χ1v) is 16.8. The normalized spacial score (nSPS) is 15.0. The average Bonchev–Trinajstić information content (AvgIpc) is 3.05. The fraction of sp³-hybridized carbons (Fsp3) is 0.267. The molecule has 246 valence electrons. The summed E-state index contributed by atoms with van der Waals surface area (Å²) in [4.78, 5) is 47.7. The third-order valence-electron chi connectivity index (χ3n) is 7.26. The Labute approximate surface area is 281 Å². The molecular formula is C30H31Cl2N9O5S. The van der Waals surface area contributed by atoms with Gasteiger partial charge in [0.25, 0.3) is 0 Å². The number of sulfone groups is 1. The molecule has 4 aromatic rings. The van der Waals surface area contributed by atoms with Crippen LogP contribution < -0.4 is 24.9 Å². The average molecular weight is 701 g/mol. The number of hydrogen-bond acceptors (Lipinski definition) is 10. The van der Waals surface area contributed by atoms with Crippen LogP contribution in [0, 0.1) is 0 Å². The van der Waals surface area contributed by atoms with Crippen LogP contribution in [-0.2, 0) is 22.9 Å². The summed E-state index contributed by atoms with van der Waals surface area (Å²) in [5, 5.41) is 12.8. The second-order valence-electron chi connectivity index (χ2n) is 10.8. The number of para-hydroxylation sites is 2. The summed E-state index contributed by atoms with van der Waals surface area (Å²) >= 11 is 12.4. The second-order valence-corrected chi connectivity index (χ2v) is 13.5. The minimum atomic E-state index is -3.54. The fourth-order valence-electron chi connectivity index (χ4n) is 4.83. The number of fused-ring (bicyclic) bond motifs is 2. The quantitative estimate of drug-likeness (QED) is 0.272. The lowest BCUT2D eigenvalue weighted by Gasteiger charge is -2.34. The molecule has 47 heavy (non-hydrogen) atoms. The molecule has 1 atom stereocenters. The van der Waals surface area contributed by atoms with E-state index in [9.17, 15) is 18.0 Å². The largest absolute Gasteiger partial charge is 0.394 e. The van der Waals surface area contributed by atoms with E-state index < -0.39 is 9.84 Å². The number of amides is 4. The number of nitrogens with zero attached hydrogens (tertiary/aromatic N) is 8. The van der Waals surface area contributed by atoms with Crippen molar-refractivity contribution in [1.82, 2.24) is 19.9 Å². The van der Waals surface area contributed by atoms with Crippen molar-refractivity contribution in [3.8, 4) is 0 Å². The molecular weight excluding hydrogens is 669 g/mol. The highest BCUT2D eigenvalue weighted by atomic mass is 35.5. The third-order valence-corrected chi connectivity index (χ3v) is 8.76. The van der Waals surface area contributed by atoms with E-state index in [1.165, 1.54) is 27.9 Å². The number of rotatable bonds is 6. The molecule has 14 nitrogen and oxygen atoms in total.